The summed E-state index contributed by atoms with van der Waals surface area (Å²) in [4.78, 5) is 24.2. The van der Waals surface area contributed by atoms with E-state index in [4.69, 9.17) is 4.74 Å². The quantitative estimate of drug-likeness (QED) is 0.337. The largest absolute Gasteiger partial charge is 0.459 e. The zero-order valence-corrected chi connectivity index (χ0v) is 11.0. The van der Waals surface area contributed by atoms with Crippen molar-refractivity contribution < 1.29 is 19.1 Å². The second-order valence-electron chi connectivity index (χ2n) is 4.52. The SMILES string of the molecule is COC(=O)C#CCCCC1=CCC[C@@H]2COC(=O)N12. The first-order valence-corrected chi connectivity index (χ1v) is 6.44. The van der Waals surface area contributed by atoms with Crippen molar-refractivity contribution in [3.8, 4) is 11.8 Å². The highest BCUT2D eigenvalue weighted by molar-refractivity contribution is 5.88. The summed E-state index contributed by atoms with van der Waals surface area (Å²) < 4.78 is 9.48. The molecule has 0 unspecified atom stereocenters. The third kappa shape index (κ3) is 3.28. The average Bonchev–Trinajstić information content (AvgIpc) is 2.81. The van der Waals surface area contributed by atoms with E-state index in [0.29, 0.717) is 13.0 Å². The van der Waals surface area contributed by atoms with Gasteiger partial charge < -0.3 is 9.47 Å². The zero-order valence-electron chi connectivity index (χ0n) is 11.0. The van der Waals surface area contributed by atoms with E-state index < -0.39 is 5.97 Å². The van der Waals surface area contributed by atoms with Crippen LogP contribution in [0.25, 0.3) is 0 Å². The molecule has 0 saturated carbocycles. The van der Waals surface area contributed by atoms with Gasteiger partial charge in [-0.3, -0.25) is 4.90 Å². The number of carbonyl (C=O) groups is 2. The summed E-state index contributed by atoms with van der Waals surface area (Å²) in [6.45, 7) is 0.498. The predicted octanol–water partition coefficient (Wildman–Crippen LogP) is 1.83. The number of esters is 1. The van der Waals surface area contributed by atoms with Gasteiger partial charge >= 0.3 is 12.1 Å². The van der Waals surface area contributed by atoms with Crippen LogP contribution in [0.15, 0.2) is 11.8 Å². The minimum Gasteiger partial charge on any atom is -0.459 e. The molecule has 0 bridgehead atoms. The topological polar surface area (TPSA) is 55.8 Å². The van der Waals surface area contributed by atoms with Crippen LogP contribution >= 0.6 is 0 Å². The van der Waals surface area contributed by atoms with Crippen molar-refractivity contribution >= 4 is 12.1 Å². The van der Waals surface area contributed by atoms with E-state index in [2.05, 4.69) is 22.7 Å². The fraction of sp³-hybridized carbons (Fsp3) is 0.571. The molecule has 0 N–H and O–H groups in total. The molecule has 5 nitrogen and oxygen atoms in total. The van der Waals surface area contributed by atoms with E-state index in [1.807, 2.05) is 0 Å². The van der Waals surface area contributed by atoms with Crippen LogP contribution in [-0.2, 0) is 14.3 Å². The fourth-order valence-electron chi connectivity index (χ4n) is 2.33. The van der Waals surface area contributed by atoms with Crippen molar-refractivity contribution in [2.75, 3.05) is 13.7 Å². The Morgan fingerprint density at radius 2 is 2.47 bits per heavy atom. The Hall–Kier alpha value is -1.96. The molecule has 0 radical (unpaired) electrons. The van der Waals surface area contributed by atoms with Crippen LogP contribution in [0.5, 0.6) is 0 Å². The highest BCUT2D eigenvalue weighted by atomic mass is 16.6. The number of amides is 1. The van der Waals surface area contributed by atoms with Crippen molar-refractivity contribution in [3.05, 3.63) is 11.8 Å². The van der Waals surface area contributed by atoms with E-state index in [9.17, 15) is 9.59 Å². The minimum atomic E-state index is -0.514. The highest BCUT2D eigenvalue weighted by Gasteiger charge is 2.36. The number of allylic oxidation sites excluding steroid dienone is 2. The number of unbranched alkanes of at least 4 members (excludes halogenated alkanes) is 1. The molecule has 5 heteroatoms. The second-order valence-corrected chi connectivity index (χ2v) is 4.52. The molecule has 0 aromatic heterocycles. The molecule has 0 aromatic carbocycles. The molecule has 102 valence electrons. The van der Waals surface area contributed by atoms with Crippen molar-refractivity contribution in [1.82, 2.24) is 4.90 Å². The number of hydrogen-bond acceptors (Lipinski definition) is 4. The lowest BCUT2D eigenvalue weighted by Gasteiger charge is -2.27. The smallest absolute Gasteiger partial charge is 0.414 e. The van der Waals surface area contributed by atoms with E-state index in [0.717, 1.165) is 31.4 Å². The van der Waals surface area contributed by atoms with Gasteiger partial charge in [0.2, 0.25) is 0 Å². The van der Waals surface area contributed by atoms with Gasteiger partial charge in [-0.05, 0) is 25.7 Å². The Morgan fingerprint density at radius 1 is 1.63 bits per heavy atom. The highest BCUT2D eigenvalue weighted by Crippen LogP contribution is 2.29. The van der Waals surface area contributed by atoms with Gasteiger partial charge in [0.1, 0.15) is 6.61 Å². The number of fused-ring (bicyclic) bond motifs is 1. The molecule has 1 saturated heterocycles. The maximum Gasteiger partial charge on any atom is 0.414 e. The predicted molar refractivity (Wildman–Crippen MR) is 67.9 cm³/mol. The van der Waals surface area contributed by atoms with Crippen LogP contribution in [0.2, 0.25) is 0 Å². The number of ether oxygens (including phenoxy) is 2. The molecule has 0 spiro atoms. The summed E-state index contributed by atoms with van der Waals surface area (Å²) in [5, 5.41) is 0. The molecular weight excluding hydrogens is 246 g/mol. The number of nitrogens with zero attached hydrogens (tertiary/aromatic N) is 1. The van der Waals surface area contributed by atoms with Crippen LogP contribution in [0.4, 0.5) is 4.79 Å². The molecular formula is C14H17NO4. The average molecular weight is 263 g/mol. The second kappa shape index (κ2) is 6.28. The van der Waals surface area contributed by atoms with Crippen molar-refractivity contribution in [3.63, 3.8) is 0 Å². The molecule has 2 rings (SSSR count). The molecule has 1 amide bonds. The molecule has 1 atom stereocenters. The van der Waals surface area contributed by atoms with Crippen LogP contribution < -0.4 is 0 Å². The first-order chi connectivity index (χ1) is 9.22. The molecule has 2 heterocycles. The Bertz CT molecular complexity index is 458. The summed E-state index contributed by atoms with van der Waals surface area (Å²) in [6, 6.07) is 0.202. The first-order valence-electron chi connectivity index (χ1n) is 6.44. The summed E-state index contributed by atoms with van der Waals surface area (Å²) in [7, 11) is 1.31. The molecule has 2 aliphatic heterocycles. The maximum atomic E-state index is 11.6. The maximum absolute atomic E-state index is 11.6. The lowest BCUT2D eigenvalue weighted by Crippen LogP contribution is -2.35. The van der Waals surface area contributed by atoms with Crippen molar-refractivity contribution in [2.45, 2.75) is 38.1 Å². The molecule has 19 heavy (non-hydrogen) atoms. The summed E-state index contributed by atoms with van der Waals surface area (Å²) >= 11 is 0. The van der Waals surface area contributed by atoms with E-state index in [1.54, 1.807) is 4.90 Å². The Morgan fingerprint density at radius 3 is 3.26 bits per heavy atom. The van der Waals surface area contributed by atoms with Gasteiger partial charge in [0.15, 0.2) is 0 Å². The molecule has 1 fully saturated rings. The van der Waals surface area contributed by atoms with E-state index in [-0.39, 0.29) is 12.1 Å². The van der Waals surface area contributed by atoms with Crippen LogP contribution in [-0.4, -0.2) is 36.7 Å². The fourth-order valence-corrected chi connectivity index (χ4v) is 2.33. The van der Waals surface area contributed by atoms with E-state index >= 15 is 0 Å². The van der Waals surface area contributed by atoms with Gasteiger partial charge in [0.25, 0.3) is 0 Å². The van der Waals surface area contributed by atoms with Crippen molar-refractivity contribution in [1.29, 1.82) is 0 Å². The van der Waals surface area contributed by atoms with Crippen LogP contribution in [0.3, 0.4) is 0 Å². The Labute approximate surface area is 112 Å². The van der Waals surface area contributed by atoms with Crippen LogP contribution in [0, 0.1) is 11.8 Å². The number of rotatable bonds is 3. The van der Waals surface area contributed by atoms with E-state index in [1.165, 1.54) is 7.11 Å². The standard InChI is InChI=1S/C14H17NO4/c1-18-13(16)9-4-2-3-6-11-7-5-8-12-10-19-14(17)15(11)12/h7,12H,2-3,5-6,8,10H2,1H3/t12-/m1/s1. The lowest BCUT2D eigenvalue weighted by atomic mass is 10.0. The van der Waals surface area contributed by atoms with Gasteiger partial charge in [-0.1, -0.05) is 12.0 Å². The summed E-state index contributed by atoms with van der Waals surface area (Å²) in [5.41, 5.74) is 1.03. The number of methoxy groups -OCH3 is 1. The molecule has 0 aliphatic carbocycles. The van der Waals surface area contributed by atoms with Crippen molar-refractivity contribution in [2.24, 2.45) is 0 Å². The van der Waals surface area contributed by atoms with Gasteiger partial charge in [-0.15, -0.1) is 0 Å². The third-order valence-electron chi connectivity index (χ3n) is 3.26. The third-order valence-corrected chi connectivity index (χ3v) is 3.26. The monoisotopic (exact) mass is 263 g/mol. The zero-order chi connectivity index (χ0) is 13.7. The number of carbonyl (C=O) groups excluding carboxylic acids is 2. The van der Waals surface area contributed by atoms with Gasteiger partial charge in [-0.25, -0.2) is 9.59 Å². The summed E-state index contributed by atoms with van der Waals surface area (Å²) in [6.07, 6.45) is 6.01. The lowest BCUT2D eigenvalue weighted by molar-refractivity contribution is -0.133. The van der Waals surface area contributed by atoms with Crippen LogP contribution in [0.1, 0.15) is 32.1 Å². The van der Waals surface area contributed by atoms with Gasteiger partial charge in [-0.2, -0.15) is 0 Å². The van der Waals surface area contributed by atoms with Gasteiger partial charge in [0, 0.05) is 18.0 Å². The Kier molecular flexibility index (Phi) is 4.45. The summed E-state index contributed by atoms with van der Waals surface area (Å²) in [5.74, 6) is 4.64. The normalized spacial score (nSPS) is 20.9. The Balaban J connectivity index is 1.82. The number of hydrogen-bond donors (Lipinski definition) is 0. The first kappa shape index (κ1) is 13.5. The number of cyclic esters (lactones) is 1. The minimum absolute atomic E-state index is 0.202. The van der Waals surface area contributed by atoms with Gasteiger partial charge in [0.05, 0.1) is 13.2 Å². The molecule has 2 aliphatic rings. The molecule has 0 aromatic rings.